The Hall–Kier alpha value is -1.14. The second kappa shape index (κ2) is 5.46. The normalized spacial score (nSPS) is 13.8. The van der Waals surface area contributed by atoms with Crippen molar-refractivity contribution in [1.29, 1.82) is 0 Å². The average molecular weight is 252 g/mol. The van der Waals surface area contributed by atoms with Crippen LogP contribution < -0.4 is 0 Å². The van der Waals surface area contributed by atoms with E-state index in [-0.39, 0.29) is 5.56 Å². The fraction of sp³-hybridized carbons (Fsp3) is 0.455. The molecule has 2 nitrogen and oxygen atoms in total. The van der Waals surface area contributed by atoms with Gasteiger partial charge in [-0.1, -0.05) is 17.7 Å². The Labute approximate surface area is 95.8 Å². The van der Waals surface area contributed by atoms with Crippen LogP contribution in [0.2, 0.25) is 0 Å². The van der Waals surface area contributed by atoms with E-state index in [1.807, 2.05) is 0 Å². The number of aryl methyl sites for hydroxylation is 1. The quantitative estimate of drug-likeness (QED) is 0.835. The molecule has 0 aliphatic rings. The molecule has 1 aromatic rings. The first-order valence-electron chi connectivity index (χ1n) is 4.88. The number of aliphatic hydroxyl groups excluding tert-OH is 1. The van der Waals surface area contributed by atoms with Crippen LogP contribution in [0.15, 0.2) is 18.2 Å². The van der Waals surface area contributed by atoms with Gasteiger partial charge in [-0.2, -0.15) is 13.2 Å². The van der Waals surface area contributed by atoms with E-state index in [2.05, 4.69) is 4.74 Å². The number of halogens is 4. The van der Waals surface area contributed by atoms with Gasteiger partial charge in [0.1, 0.15) is 18.5 Å². The first kappa shape index (κ1) is 13.9. The molecule has 0 heterocycles. The van der Waals surface area contributed by atoms with Crippen molar-refractivity contribution in [1.82, 2.24) is 0 Å². The summed E-state index contributed by atoms with van der Waals surface area (Å²) in [6, 6.07) is 4.02. The van der Waals surface area contributed by atoms with Gasteiger partial charge >= 0.3 is 6.18 Å². The number of alkyl halides is 3. The van der Waals surface area contributed by atoms with Crippen molar-refractivity contribution in [2.75, 3.05) is 13.2 Å². The lowest BCUT2D eigenvalue weighted by Crippen LogP contribution is -2.20. The highest BCUT2D eigenvalue weighted by Crippen LogP contribution is 2.20. The zero-order chi connectivity index (χ0) is 13.1. The van der Waals surface area contributed by atoms with Gasteiger partial charge in [-0.05, 0) is 13.0 Å². The second-order valence-corrected chi connectivity index (χ2v) is 3.67. The molecule has 0 saturated heterocycles. The van der Waals surface area contributed by atoms with Crippen molar-refractivity contribution in [3.05, 3.63) is 35.1 Å². The summed E-state index contributed by atoms with van der Waals surface area (Å²) in [5, 5.41) is 9.49. The number of aliphatic hydroxyl groups is 1. The van der Waals surface area contributed by atoms with Crippen molar-refractivity contribution in [2.24, 2.45) is 0 Å². The maximum atomic E-state index is 13.2. The van der Waals surface area contributed by atoms with Gasteiger partial charge < -0.3 is 9.84 Å². The van der Waals surface area contributed by atoms with Crippen LogP contribution in [0.1, 0.15) is 17.2 Å². The molecule has 0 bridgehead atoms. The van der Waals surface area contributed by atoms with Gasteiger partial charge in [0.25, 0.3) is 0 Å². The van der Waals surface area contributed by atoms with E-state index in [1.165, 1.54) is 12.1 Å². The summed E-state index contributed by atoms with van der Waals surface area (Å²) in [5.41, 5.74) is 0.642. The highest BCUT2D eigenvalue weighted by Gasteiger charge is 2.28. The lowest BCUT2D eigenvalue weighted by atomic mass is 10.1. The predicted molar refractivity (Wildman–Crippen MR) is 53.0 cm³/mol. The molecule has 0 saturated carbocycles. The van der Waals surface area contributed by atoms with Crippen molar-refractivity contribution < 1.29 is 27.4 Å². The number of hydrogen-bond acceptors (Lipinski definition) is 2. The fourth-order valence-electron chi connectivity index (χ4n) is 1.29. The molecule has 1 rings (SSSR count). The molecule has 17 heavy (non-hydrogen) atoms. The molecule has 0 amide bonds. The van der Waals surface area contributed by atoms with Crippen LogP contribution in [-0.4, -0.2) is 24.5 Å². The minimum Gasteiger partial charge on any atom is -0.386 e. The van der Waals surface area contributed by atoms with E-state index in [9.17, 15) is 22.7 Å². The van der Waals surface area contributed by atoms with E-state index in [0.29, 0.717) is 5.56 Å². The molecule has 0 spiro atoms. The number of ether oxygens (including phenoxy) is 1. The molecule has 0 aliphatic carbocycles. The summed E-state index contributed by atoms with van der Waals surface area (Å²) in [5.74, 6) is -0.668. The third-order valence-corrected chi connectivity index (χ3v) is 2.05. The molecule has 1 atom stereocenters. The SMILES string of the molecule is Cc1ccc(F)c(C(O)COCC(F)(F)F)c1. The minimum atomic E-state index is -4.45. The maximum Gasteiger partial charge on any atom is 0.411 e. The standard InChI is InChI=1S/C11H12F4O2/c1-7-2-3-9(12)8(4-7)10(16)5-17-6-11(13,14)15/h2-4,10,16H,5-6H2,1H3. The van der Waals surface area contributed by atoms with Gasteiger partial charge in [0.2, 0.25) is 0 Å². The summed E-state index contributed by atoms with van der Waals surface area (Å²) < 4.78 is 52.8. The average Bonchev–Trinajstić information content (AvgIpc) is 2.19. The fourth-order valence-corrected chi connectivity index (χ4v) is 1.29. The summed E-state index contributed by atoms with van der Waals surface area (Å²) in [4.78, 5) is 0. The van der Waals surface area contributed by atoms with Crippen LogP contribution in [0.4, 0.5) is 17.6 Å². The Morgan fingerprint density at radius 2 is 2.00 bits per heavy atom. The van der Waals surface area contributed by atoms with E-state index in [4.69, 9.17) is 0 Å². The third-order valence-electron chi connectivity index (χ3n) is 2.05. The highest BCUT2D eigenvalue weighted by molar-refractivity contribution is 5.25. The van der Waals surface area contributed by atoms with Crippen molar-refractivity contribution in [2.45, 2.75) is 19.2 Å². The number of rotatable bonds is 4. The van der Waals surface area contributed by atoms with Crippen LogP contribution in [0.3, 0.4) is 0 Å². The van der Waals surface area contributed by atoms with Crippen LogP contribution >= 0.6 is 0 Å². The molecule has 0 fully saturated rings. The smallest absolute Gasteiger partial charge is 0.386 e. The molecule has 1 aromatic carbocycles. The zero-order valence-electron chi connectivity index (χ0n) is 9.09. The highest BCUT2D eigenvalue weighted by atomic mass is 19.4. The Kier molecular flexibility index (Phi) is 4.47. The van der Waals surface area contributed by atoms with E-state index < -0.39 is 31.3 Å². The Morgan fingerprint density at radius 3 is 2.59 bits per heavy atom. The van der Waals surface area contributed by atoms with E-state index in [1.54, 1.807) is 6.92 Å². The summed E-state index contributed by atoms with van der Waals surface area (Å²) in [6.07, 6.45) is -5.86. The molecule has 0 aliphatic heterocycles. The first-order valence-corrected chi connectivity index (χ1v) is 4.88. The molecular formula is C11H12F4O2. The van der Waals surface area contributed by atoms with Gasteiger partial charge in [-0.3, -0.25) is 0 Å². The van der Waals surface area contributed by atoms with Crippen LogP contribution in [0.25, 0.3) is 0 Å². The maximum absolute atomic E-state index is 13.2. The van der Waals surface area contributed by atoms with Gasteiger partial charge in [-0.25, -0.2) is 4.39 Å². The van der Waals surface area contributed by atoms with E-state index in [0.717, 1.165) is 6.07 Å². The summed E-state index contributed by atoms with van der Waals surface area (Å²) in [7, 11) is 0. The summed E-state index contributed by atoms with van der Waals surface area (Å²) in [6.45, 7) is -0.371. The second-order valence-electron chi connectivity index (χ2n) is 3.67. The lowest BCUT2D eigenvalue weighted by Gasteiger charge is -2.14. The van der Waals surface area contributed by atoms with Crippen molar-refractivity contribution in [3.8, 4) is 0 Å². The Balaban J connectivity index is 2.58. The van der Waals surface area contributed by atoms with Gasteiger partial charge in [0, 0.05) is 5.56 Å². The van der Waals surface area contributed by atoms with Crippen LogP contribution in [0, 0.1) is 12.7 Å². The molecule has 1 unspecified atom stereocenters. The molecule has 0 aromatic heterocycles. The largest absolute Gasteiger partial charge is 0.411 e. The summed E-state index contributed by atoms with van der Waals surface area (Å²) >= 11 is 0. The van der Waals surface area contributed by atoms with Gasteiger partial charge in [0.05, 0.1) is 6.61 Å². The molecule has 96 valence electrons. The third kappa shape index (κ3) is 4.70. The monoisotopic (exact) mass is 252 g/mol. The molecule has 1 N–H and O–H groups in total. The molecule has 0 radical (unpaired) electrons. The Bertz CT molecular complexity index is 376. The van der Waals surface area contributed by atoms with Crippen molar-refractivity contribution in [3.63, 3.8) is 0 Å². The number of benzene rings is 1. The molecule has 6 heteroatoms. The first-order chi connectivity index (χ1) is 7.79. The van der Waals surface area contributed by atoms with Crippen LogP contribution in [0.5, 0.6) is 0 Å². The van der Waals surface area contributed by atoms with Gasteiger partial charge in [-0.15, -0.1) is 0 Å². The zero-order valence-corrected chi connectivity index (χ0v) is 9.09. The van der Waals surface area contributed by atoms with Gasteiger partial charge in [0.15, 0.2) is 0 Å². The topological polar surface area (TPSA) is 29.5 Å². The molecular weight excluding hydrogens is 240 g/mol. The van der Waals surface area contributed by atoms with E-state index >= 15 is 0 Å². The van der Waals surface area contributed by atoms with Crippen LogP contribution in [-0.2, 0) is 4.74 Å². The predicted octanol–water partition coefficient (Wildman–Crippen LogP) is 2.75. The van der Waals surface area contributed by atoms with Crippen molar-refractivity contribution >= 4 is 0 Å². The lowest BCUT2D eigenvalue weighted by molar-refractivity contribution is -0.179. The Morgan fingerprint density at radius 1 is 1.35 bits per heavy atom. The minimum absolute atomic E-state index is 0.0628. The number of hydrogen-bond donors (Lipinski definition) is 1.